The lowest BCUT2D eigenvalue weighted by molar-refractivity contribution is 0.257. The summed E-state index contributed by atoms with van der Waals surface area (Å²) in [6.07, 6.45) is 23.7. The lowest BCUT2D eigenvalue weighted by Gasteiger charge is -2.39. The molecule has 0 saturated carbocycles. The van der Waals surface area contributed by atoms with Crippen molar-refractivity contribution in [3.8, 4) is 16.9 Å². The highest BCUT2D eigenvalue weighted by Gasteiger charge is 2.39. The van der Waals surface area contributed by atoms with Crippen LogP contribution in [-0.4, -0.2) is 6.10 Å². The molecule has 0 N–H and O–H groups in total. The number of rotatable bonds is 7. The standard InChI is InChI=1S/C49H43NO/c1-5-13-32(6-2)33-22-27-36(28-23-33)50(37-29-24-34(25-30-37)38-17-12-18-40-39-15-8-10-21-45(39)51-48(38)40)44-31-26-35-14-11-20-43-46(35)47(44)41-16-7-9-19-42(41)49(43,3)4/h5-10,12-19,21-24,26-29,31,40,48H,1-2,11,20,25,30H2,3-4H3/b32-13+. The minimum atomic E-state index is -0.0278. The van der Waals surface area contributed by atoms with E-state index in [2.05, 4.69) is 153 Å². The van der Waals surface area contributed by atoms with E-state index in [0.29, 0.717) is 0 Å². The highest BCUT2D eigenvalue weighted by atomic mass is 16.5. The molecule has 0 radical (unpaired) electrons. The Balaban J connectivity index is 1.20. The molecule has 4 aromatic rings. The van der Waals surface area contributed by atoms with E-state index in [0.717, 1.165) is 48.3 Å². The Kier molecular flexibility index (Phi) is 7.58. The second-order valence-corrected chi connectivity index (χ2v) is 14.7. The van der Waals surface area contributed by atoms with Crippen LogP contribution in [0, 0.1) is 0 Å². The van der Waals surface area contributed by atoms with Crippen molar-refractivity contribution in [2.24, 2.45) is 0 Å². The van der Waals surface area contributed by atoms with Gasteiger partial charge in [-0.2, -0.15) is 0 Å². The Morgan fingerprint density at radius 2 is 1.69 bits per heavy atom. The summed E-state index contributed by atoms with van der Waals surface area (Å²) in [5, 5.41) is 2.80. The topological polar surface area (TPSA) is 12.5 Å². The first-order chi connectivity index (χ1) is 25.0. The van der Waals surface area contributed by atoms with E-state index in [-0.39, 0.29) is 17.4 Å². The number of ether oxygens (including phenoxy) is 1. The van der Waals surface area contributed by atoms with Crippen LogP contribution in [0.4, 0.5) is 11.4 Å². The van der Waals surface area contributed by atoms with E-state index in [1.54, 1.807) is 5.57 Å². The molecular formula is C49H43NO. The Morgan fingerprint density at radius 3 is 2.49 bits per heavy atom. The molecule has 0 aromatic heterocycles. The van der Waals surface area contributed by atoms with Crippen molar-refractivity contribution in [2.45, 2.75) is 57.0 Å². The van der Waals surface area contributed by atoms with Gasteiger partial charge in [0.1, 0.15) is 11.9 Å². The number of hydrogen-bond donors (Lipinski definition) is 0. The second-order valence-electron chi connectivity index (χ2n) is 14.7. The van der Waals surface area contributed by atoms with E-state index in [1.165, 1.54) is 55.2 Å². The Morgan fingerprint density at radius 1 is 0.863 bits per heavy atom. The molecule has 1 heterocycles. The molecule has 0 fully saturated rings. The molecular weight excluding hydrogens is 619 g/mol. The summed E-state index contributed by atoms with van der Waals surface area (Å²) in [5.74, 6) is 1.27. The van der Waals surface area contributed by atoms with Crippen molar-refractivity contribution in [1.29, 1.82) is 0 Å². The molecule has 2 atom stereocenters. The van der Waals surface area contributed by atoms with Gasteiger partial charge in [-0.3, -0.25) is 0 Å². The monoisotopic (exact) mass is 661 g/mol. The highest BCUT2D eigenvalue weighted by molar-refractivity contribution is 5.92. The van der Waals surface area contributed by atoms with Gasteiger partial charge in [0, 0.05) is 33.8 Å². The number of benzene rings is 4. The van der Waals surface area contributed by atoms with Crippen LogP contribution in [0.15, 0.2) is 164 Å². The third-order valence-electron chi connectivity index (χ3n) is 11.7. The fourth-order valence-corrected chi connectivity index (χ4v) is 9.18. The van der Waals surface area contributed by atoms with Crippen LogP contribution in [0.2, 0.25) is 0 Å². The summed E-state index contributed by atoms with van der Waals surface area (Å²) in [4.78, 5) is 2.53. The molecule has 2 unspecified atom stereocenters. The van der Waals surface area contributed by atoms with Crippen LogP contribution in [0.5, 0.6) is 5.75 Å². The molecule has 250 valence electrons. The first kappa shape index (κ1) is 31.4. The predicted octanol–water partition coefficient (Wildman–Crippen LogP) is 10.9. The third kappa shape index (κ3) is 5.00. The smallest absolute Gasteiger partial charge is 0.134 e. The zero-order valence-corrected chi connectivity index (χ0v) is 29.5. The minimum absolute atomic E-state index is 0.0232. The lowest BCUT2D eigenvalue weighted by atomic mass is 9.67. The average molecular weight is 662 g/mol. The van der Waals surface area contributed by atoms with Crippen molar-refractivity contribution in [2.75, 3.05) is 4.90 Å². The maximum Gasteiger partial charge on any atom is 0.134 e. The summed E-state index contributed by atoms with van der Waals surface area (Å²) in [7, 11) is 0. The van der Waals surface area contributed by atoms with Crippen molar-refractivity contribution >= 4 is 28.6 Å². The molecule has 0 amide bonds. The van der Waals surface area contributed by atoms with Crippen LogP contribution < -0.4 is 20.1 Å². The first-order valence-corrected chi connectivity index (χ1v) is 18.3. The molecule has 0 bridgehead atoms. The van der Waals surface area contributed by atoms with Gasteiger partial charge in [-0.25, -0.2) is 0 Å². The number of anilines is 2. The average Bonchev–Trinajstić information content (AvgIpc) is 3.56. The van der Waals surface area contributed by atoms with Crippen LogP contribution in [0.3, 0.4) is 0 Å². The van der Waals surface area contributed by atoms with Crippen molar-refractivity contribution < 1.29 is 4.74 Å². The van der Waals surface area contributed by atoms with Gasteiger partial charge in [0.2, 0.25) is 0 Å². The van der Waals surface area contributed by atoms with E-state index < -0.39 is 0 Å². The van der Waals surface area contributed by atoms with Gasteiger partial charge in [0.15, 0.2) is 0 Å². The summed E-state index contributed by atoms with van der Waals surface area (Å²) in [5.41, 5.74) is 15.4. The van der Waals surface area contributed by atoms with Crippen molar-refractivity contribution in [1.82, 2.24) is 0 Å². The lowest BCUT2D eigenvalue weighted by Crippen LogP contribution is -2.42. The molecule has 51 heavy (non-hydrogen) atoms. The normalized spacial score (nSPS) is 20.6. The molecule has 1 aliphatic heterocycles. The van der Waals surface area contributed by atoms with Gasteiger partial charge in [0.25, 0.3) is 0 Å². The van der Waals surface area contributed by atoms with Crippen LogP contribution >= 0.6 is 0 Å². The largest absolute Gasteiger partial charge is 0.484 e. The highest BCUT2D eigenvalue weighted by Crippen LogP contribution is 2.49. The predicted molar refractivity (Wildman–Crippen MR) is 214 cm³/mol. The fraction of sp³-hybridized carbons (Fsp3) is 0.184. The summed E-state index contributed by atoms with van der Waals surface area (Å²) >= 11 is 0. The number of fused-ring (bicyclic) bond motifs is 5. The Hall–Kier alpha value is -5.60. The molecule has 5 aliphatic rings. The van der Waals surface area contributed by atoms with Crippen LogP contribution in [0.25, 0.3) is 28.3 Å². The van der Waals surface area contributed by atoms with Gasteiger partial charge < -0.3 is 9.64 Å². The maximum absolute atomic E-state index is 6.58. The van der Waals surface area contributed by atoms with Crippen LogP contribution in [0.1, 0.15) is 62.1 Å². The Bertz CT molecular complexity index is 2410. The van der Waals surface area contributed by atoms with Crippen molar-refractivity contribution in [3.05, 3.63) is 191 Å². The first-order valence-electron chi connectivity index (χ1n) is 18.3. The van der Waals surface area contributed by atoms with E-state index in [9.17, 15) is 0 Å². The molecule has 4 aromatic carbocycles. The zero-order valence-electron chi connectivity index (χ0n) is 29.5. The summed E-state index contributed by atoms with van der Waals surface area (Å²) in [6, 6.07) is 31.3. The zero-order chi connectivity index (χ0) is 34.7. The number of allylic oxidation sites excluding steroid dienone is 9. The van der Waals surface area contributed by atoms with Gasteiger partial charge in [-0.15, -0.1) is 0 Å². The number of nitrogens with zero attached hydrogens (tertiary/aromatic N) is 1. The van der Waals surface area contributed by atoms with Crippen LogP contribution in [-0.2, 0) is 5.41 Å². The van der Waals surface area contributed by atoms with Gasteiger partial charge >= 0.3 is 0 Å². The number of hydrogen-bond acceptors (Lipinski definition) is 2. The molecule has 2 nitrogen and oxygen atoms in total. The van der Waals surface area contributed by atoms with Gasteiger partial charge in [0.05, 0.1) is 5.69 Å². The fourth-order valence-electron chi connectivity index (χ4n) is 9.18. The molecule has 4 aliphatic carbocycles. The SMILES string of the molecule is C=C/C=C(\C=C)c1ccc(N(C2=CC=C(C3=CC=CC4c5ccccc5OC34)CC2)c2ccc3c4c2-c2ccccc2C(C)(C)C=4CCC=3)cc1. The van der Waals surface area contributed by atoms with E-state index in [4.69, 9.17) is 4.74 Å². The second kappa shape index (κ2) is 12.3. The maximum atomic E-state index is 6.58. The van der Waals surface area contributed by atoms with Gasteiger partial charge in [-0.1, -0.05) is 142 Å². The summed E-state index contributed by atoms with van der Waals surface area (Å²) < 4.78 is 6.58. The minimum Gasteiger partial charge on any atom is -0.484 e. The van der Waals surface area contributed by atoms with Crippen molar-refractivity contribution in [3.63, 3.8) is 0 Å². The molecule has 2 heteroatoms. The summed E-state index contributed by atoms with van der Waals surface area (Å²) in [6.45, 7) is 12.8. The Labute approximate surface area is 301 Å². The quantitative estimate of drug-likeness (QED) is 0.183. The molecule has 9 rings (SSSR count). The van der Waals surface area contributed by atoms with E-state index in [1.807, 2.05) is 18.2 Å². The third-order valence-corrected chi connectivity index (χ3v) is 11.7. The van der Waals surface area contributed by atoms with E-state index >= 15 is 0 Å². The number of para-hydroxylation sites is 1. The molecule has 0 spiro atoms. The van der Waals surface area contributed by atoms with Gasteiger partial charge in [-0.05, 0) is 99.9 Å². The molecule has 0 saturated heterocycles.